The first-order valence-corrected chi connectivity index (χ1v) is 4.53. The van der Waals surface area contributed by atoms with Crippen LogP contribution >= 0.6 is 7.60 Å². The maximum atomic E-state index is 10.9. The molecule has 0 saturated heterocycles. The predicted molar refractivity (Wildman–Crippen MR) is 38.0 cm³/mol. The van der Waals surface area contributed by atoms with Gasteiger partial charge in [0, 0.05) is 14.0 Å². The van der Waals surface area contributed by atoms with E-state index in [0.717, 1.165) is 14.0 Å². The van der Waals surface area contributed by atoms with Gasteiger partial charge < -0.3 is 14.2 Å². The highest BCUT2D eigenvalue weighted by Gasteiger charge is 2.34. The number of nitriles is 1. The molecule has 0 aliphatic carbocycles. The van der Waals surface area contributed by atoms with Crippen molar-refractivity contribution in [3.8, 4) is 6.07 Å². The van der Waals surface area contributed by atoms with Crippen LogP contribution in [0.25, 0.3) is 0 Å². The monoisotopic (exact) mass is 193 g/mol. The second-order valence-corrected chi connectivity index (χ2v) is 3.80. The molecule has 6 nitrogen and oxygen atoms in total. The van der Waals surface area contributed by atoms with E-state index in [-0.39, 0.29) is 0 Å². The zero-order valence-electron chi connectivity index (χ0n) is 6.55. The number of ether oxygens (including phenoxy) is 1. The Kier molecular flexibility index (Phi) is 3.90. The molecule has 0 aliphatic rings. The number of hydrogen-bond donors (Lipinski definition) is 1. The molecule has 2 unspecified atom stereocenters. The van der Waals surface area contributed by atoms with Gasteiger partial charge in [-0.1, -0.05) is 0 Å². The van der Waals surface area contributed by atoms with Crippen molar-refractivity contribution in [2.75, 3.05) is 7.11 Å². The Balaban J connectivity index is 4.48. The summed E-state index contributed by atoms with van der Waals surface area (Å²) in [4.78, 5) is 19.2. The zero-order valence-corrected chi connectivity index (χ0v) is 7.45. The van der Waals surface area contributed by atoms with Gasteiger partial charge in [-0.15, -0.1) is 0 Å². The Hall–Kier alpha value is -0.890. The molecule has 1 N–H and O–H groups in total. The number of hydrogen-bond acceptors (Lipinski definition) is 5. The molecule has 0 aromatic heterocycles. The molecule has 0 amide bonds. The van der Waals surface area contributed by atoms with E-state index >= 15 is 0 Å². The smallest absolute Gasteiger partial charge is 0.382 e. The fourth-order valence-corrected chi connectivity index (χ4v) is 1.04. The molecule has 0 saturated carbocycles. The standard InChI is InChI=1S/C5H8NO5P/c1-4(7)11-5(3-6)12(8,9)10-2/h5H,1-2H3,(H,8,9). The topological polar surface area (TPSA) is 96.6 Å². The highest BCUT2D eigenvalue weighted by atomic mass is 31.2. The molecule has 0 aromatic carbocycles. The van der Waals surface area contributed by atoms with Crippen molar-refractivity contribution in [3.05, 3.63) is 0 Å². The van der Waals surface area contributed by atoms with Crippen molar-refractivity contribution < 1.29 is 23.5 Å². The van der Waals surface area contributed by atoms with Crippen LogP contribution in [-0.4, -0.2) is 23.8 Å². The second-order valence-electron chi connectivity index (χ2n) is 1.84. The minimum absolute atomic E-state index is 0.812. The van der Waals surface area contributed by atoms with E-state index in [1.807, 2.05) is 0 Å². The fourth-order valence-electron chi connectivity index (χ4n) is 0.419. The summed E-state index contributed by atoms with van der Waals surface area (Å²) in [6, 6.07) is 1.34. The maximum Gasteiger partial charge on any atom is 0.382 e. The molecule has 2 atom stereocenters. The van der Waals surface area contributed by atoms with Crippen LogP contribution in [0.2, 0.25) is 0 Å². The SMILES string of the molecule is COP(=O)(O)C(C#N)OC(C)=O. The minimum Gasteiger partial charge on any atom is -0.434 e. The lowest BCUT2D eigenvalue weighted by molar-refractivity contribution is -0.141. The molecule has 0 bridgehead atoms. The van der Waals surface area contributed by atoms with E-state index in [1.165, 1.54) is 6.07 Å². The molecule has 0 spiro atoms. The lowest BCUT2D eigenvalue weighted by atomic mass is 10.7. The minimum atomic E-state index is -4.14. The lowest BCUT2D eigenvalue weighted by Gasteiger charge is -2.13. The van der Waals surface area contributed by atoms with Crippen LogP contribution in [-0.2, 0) is 18.6 Å². The summed E-state index contributed by atoms with van der Waals surface area (Å²) in [5.41, 5.74) is 0. The highest BCUT2D eigenvalue weighted by Crippen LogP contribution is 2.46. The van der Waals surface area contributed by atoms with Crippen LogP contribution in [0, 0.1) is 11.3 Å². The van der Waals surface area contributed by atoms with E-state index in [2.05, 4.69) is 9.26 Å². The third-order valence-electron chi connectivity index (χ3n) is 0.946. The highest BCUT2D eigenvalue weighted by molar-refractivity contribution is 7.53. The van der Waals surface area contributed by atoms with Crippen molar-refractivity contribution >= 4 is 13.6 Å². The summed E-state index contributed by atoms with van der Waals surface area (Å²) in [5, 5.41) is 8.30. The van der Waals surface area contributed by atoms with Gasteiger partial charge in [-0.3, -0.25) is 9.36 Å². The predicted octanol–water partition coefficient (Wildman–Crippen LogP) is 0.231. The average Bonchev–Trinajstić information content (AvgIpc) is 1.99. The first kappa shape index (κ1) is 11.1. The Morgan fingerprint density at radius 2 is 2.25 bits per heavy atom. The van der Waals surface area contributed by atoms with Gasteiger partial charge in [0.1, 0.15) is 6.07 Å². The Morgan fingerprint density at radius 3 is 2.50 bits per heavy atom. The number of carbonyl (C=O) groups is 1. The van der Waals surface area contributed by atoms with Crippen LogP contribution < -0.4 is 0 Å². The largest absolute Gasteiger partial charge is 0.434 e. The molecule has 0 rings (SSSR count). The Morgan fingerprint density at radius 1 is 1.75 bits per heavy atom. The van der Waals surface area contributed by atoms with Gasteiger partial charge in [0.2, 0.25) is 0 Å². The molecule has 0 aromatic rings. The van der Waals surface area contributed by atoms with E-state index in [1.54, 1.807) is 0 Å². The molecular formula is C5H8NO5P. The summed E-state index contributed by atoms with van der Waals surface area (Å²) >= 11 is 0. The van der Waals surface area contributed by atoms with Crippen LogP contribution in [0.5, 0.6) is 0 Å². The van der Waals surface area contributed by atoms with Gasteiger partial charge in [-0.25, -0.2) is 0 Å². The molecule has 0 radical (unpaired) electrons. The first-order valence-electron chi connectivity index (χ1n) is 2.89. The third kappa shape index (κ3) is 3.01. The van der Waals surface area contributed by atoms with Crippen LogP contribution in [0.4, 0.5) is 0 Å². The summed E-state index contributed by atoms with van der Waals surface area (Å²) in [6.07, 6.45) is 0. The van der Waals surface area contributed by atoms with E-state index in [4.69, 9.17) is 10.2 Å². The molecule has 0 fully saturated rings. The quantitative estimate of drug-likeness (QED) is 0.509. The Bertz CT molecular complexity index is 257. The van der Waals surface area contributed by atoms with Crippen molar-refractivity contribution in [2.45, 2.75) is 12.8 Å². The van der Waals surface area contributed by atoms with Gasteiger partial charge in [-0.2, -0.15) is 5.26 Å². The number of nitrogens with zero attached hydrogens (tertiary/aromatic N) is 1. The molecule has 0 aliphatic heterocycles. The average molecular weight is 193 g/mol. The van der Waals surface area contributed by atoms with Crippen LogP contribution in [0.3, 0.4) is 0 Å². The van der Waals surface area contributed by atoms with E-state index in [0.29, 0.717) is 0 Å². The normalized spacial score (nSPS) is 17.2. The molecule has 12 heavy (non-hydrogen) atoms. The van der Waals surface area contributed by atoms with Gasteiger partial charge >= 0.3 is 13.6 Å². The van der Waals surface area contributed by atoms with Crippen molar-refractivity contribution in [3.63, 3.8) is 0 Å². The van der Waals surface area contributed by atoms with Gasteiger partial charge in [0.15, 0.2) is 0 Å². The van der Waals surface area contributed by atoms with Crippen molar-refractivity contribution in [1.29, 1.82) is 5.26 Å². The van der Waals surface area contributed by atoms with Gasteiger partial charge in [0.25, 0.3) is 5.85 Å². The maximum absolute atomic E-state index is 10.9. The summed E-state index contributed by atoms with van der Waals surface area (Å²) in [5.74, 6) is -2.56. The second kappa shape index (κ2) is 4.21. The van der Waals surface area contributed by atoms with Gasteiger partial charge in [-0.05, 0) is 0 Å². The van der Waals surface area contributed by atoms with E-state index < -0.39 is 19.4 Å². The molecule has 7 heteroatoms. The number of esters is 1. The molecular weight excluding hydrogens is 185 g/mol. The number of carbonyl (C=O) groups excluding carboxylic acids is 1. The summed E-state index contributed by atoms with van der Waals surface area (Å²) in [6.45, 7) is 1.03. The van der Waals surface area contributed by atoms with Crippen molar-refractivity contribution in [1.82, 2.24) is 0 Å². The molecule has 68 valence electrons. The lowest BCUT2D eigenvalue weighted by Crippen LogP contribution is -2.15. The summed E-state index contributed by atoms with van der Waals surface area (Å²) < 4.78 is 19.2. The fraction of sp³-hybridized carbons (Fsp3) is 0.600. The summed E-state index contributed by atoms with van der Waals surface area (Å²) in [7, 11) is -3.19. The van der Waals surface area contributed by atoms with Crippen LogP contribution in [0.15, 0.2) is 0 Å². The van der Waals surface area contributed by atoms with E-state index in [9.17, 15) is 9.36 Å². The van der Waals surface area contributed by atoms with Crippen LogP contribution in [0.1, 0.15) is 6.92 Å². The number of rotatable bonds is 3. The third-order valence-corrected chi connectivity index (χ3v) is 2.28. The first-order chi connectivity index (χ1) is 5.44. The van der Waals surface area contributed by atoms with Crippen molar-refractivity contribution in [2.24, 2.45) is 0 Å². The Labute approximate surface area is 69.2 Å². The zero-order chi connectivity index (χ0) is 9.78. The molecule has 0 heterocycles. The van der Waals surface area contributed by atoms with Gasteiger partial charge in [0.05, 0.1) is 0 Å².